The molecule has 33 heavy (non-hydrogen) atoms. The summed E-state index contributed by atoms with van der Waals surface area (Å²) < 4.78 is 44.0. The molecule has 4 rings (SSSR count). The molecule has 1 aliphatic rings. The molecule has 3 aromatic rings. The number of nitroso groups, excluding NO2 is 1. The summed E-state index contributed by atoms with van der Waals surface area (Å²) >= 11 is 0. The third-order valence-corrected chi connectivity index (χ3v) is 7.95. The van der Waals surface area contributed by atoms with Gasteiger partial charge in [-0.15, -0.1) is 4.91 Å². The first-order valence-corrected chi connectivity index (χ1v) is 13.3. The van der Waals surface area contributed by atoms with E-state index in [1.54, 1.807) is 24.3 Å². The van der Waals surface area contributed by atoms with E-state index in [4.69, 9.17) is 9.79 Å². The van der Waals surface area contributed by atoms with Crippen molar-refractivity contribution in [2.45, 2.75) is 25.2 Å². The summed E-state index contributed by atoms with van der Waals surface area (Å²) in [6.07, 6.45) is 0.948. The Bertz CT molecular complexity index is 1380. The summed E-state index contributed by atoms with van der Waals surface area (Å²) in [6, 6.07) is 10.9. The van der Waals surface area contributed by atoms with Crippen molar-refractivity contribution >= 4 is 50.8 Å². The molecular formula is C21H24N3O7PS. The van der Waals surface area contributed by atoms with Crippen LogP contribution in [0.1, 0.15) is 20.3 Å². The fraction of sp³-hybridized carbons (Fsp3) is 0.333. The van der Waals surface area contributed by atoms with Gasteiger partial charge in [0, 0.05) is 34.6 Å². The van der Waals surface area contributed by atoms with Gasteiger partial charge in [0.2, 0.25) is 10.0 Å². The Morgan fingerprint density at radius 3 is 2.24 bits per heavy atom. The third-order valence-electron chi connectivity index (χ3n) is 5.80. The quantitative estimate of drug-likeness (QED) is 0.197. The van der Waals surface area contributed by atoms with E-state index in [2.05, 4.69) is 15.3 Å². The highest BCUT2D eigenvalue weighted by molar-refractivity contribution is 7.89. The minimum Gasteiger partial charge on any atom is -0.301 e. The summed E-state index contributed by atoms with van der Waals surface area (Å²) in [6.45, 7) is 4.84. The molecule has 0 spiro atoms. The van der Waals surface area contributed by atoms with Crippen LogP contribution >= 0.6 is 7.82 Å². The van der Waals surface area contributed by atoms with E-state index in [0.29, 0.717) is 29.2 Å². The van der Waals surface area contributed by atoms with E-state index in [-0.39, 0.29) is 33.5 Å². The lowest BCUT2D eigenvalue weighted by atomic mass is 9.94. The highest BCUT2D eigenvalue weighted by Gasteiger charge is 2.32. The second kappa shape index (κ2) is 8.75. The average molecular weight is 493 g/mol. The molecule has 2 unspecified atom stereocenters. The maximum Gasteiger partial charge on any atom is 0.491 e. The number of phosphoric acid groups is 1. The minimum absolute atomic E-state index is 0.0123. The number of piperidine rings is 1. The zero-order valence-electron chi connectivity index (χ0n) is 18.0. The van der Waals surface area contributed by atoms with Crippen molar-refractivity contribution in [1.82, 2.24) is 4.31 Å². The van der Waals surface area contributed by atoms with Crippen molar-refractivity contribution < 1.29 is 27.4 Å². The Morgan fingerprint density at radius 2 is 1.64 bits per heavy atom. The highest BCUT2D eigenvalue weighted by Crippen LogP contribution is 2.44. The lowest BCUT2D eigenvalue weighted by Crippen LogP contribution is -2.42. The SMILES string of the molecule is CC1CC(C)CN(S(=O)(=O)c2ccc3c(NOP(=O)(O)O)c4ccccc4c(N=O)c3c2)C1. The van der Waals surface area contributed by atoms with E-state index in [0.717, 1.165) is 6.42 Å². The number of sulfonamides is 1. The number of benzene rings is 3. The summed E-state index contributed by atoms with van der Waals surface area (Å²) in [5.74, 6) is 0.446. The molecular weight excluding hydrogens is 469 g/mol. The van der Waals surface area contributed by atoms with E-state index >= 15 is 0 Å². The average Bonchev–Trinajstić information content (AvgIpc) is 2.75. The number of rotatable bonds is 6. The summed E-state index contributed by atoms with van der Waals surface area (Å²) in [7, 11) is -8.70. The zero-order chi connectivity index (χ0) is 24.0. The number of anilines is 1. The molecule has 0 bridgehead atoms. The van der Waals surface area contributed by atoms with E-state index in [1.807, 2.05) is 13.8 Å². The molecule has 3 aromatic carbocycles. The number of hydrogen-bond donors (Lipinski definition) is 3. The molecule has 2 atom stereocenters. The van der Waals surface area contributed by atoms with Gasteiger partial charge >= 0.3 is 7.82 Å². The summed E-state index contributed by atoms with van der Waals surface area (Å²) in [5, 5.41) is 4.52. The van der Waals surface area contributed by atoms with Gasteiger partial charge in [0.15, 0.2) is 0 Å². The molecule has 1 aliphatic heterocycles. The fourth-order valence-electron chi connectivity index (χ4n) is 4.56. The number of hydrogen-bond acceptors (Lipinski definition) is 7. The van der Waals surface area contributed by atoms with Gasteiger partial charge in [-0.05, 0) is 35.6 Å². The van der Waals surface area contributed by atoms with E-state index < -0.39 is 17.8 Å². The Morgan fingerprint density at radius 1 is 1.03 bits per heavy atom. The van der Waals surface area contributed by atoms with Gasteiger partial charge in [-0.3, -0.25) is 5.48 Å². The maximum absolute atomic E-state index is 13.4. The molecule has 3 N–H and O–H groups in total. The van der Waals surface area contributed by atoms with Gasteiger partial charge in [-0.25, -0.2) is 13.0 Å². The van der Waals surface area contributed by atoms with Crippen LogP contribution in [-0.4, -0.2) is 35.6 Å². The lowest BCUT2D eigenvalue weighted by molar-refractivity contribution is 0.222. The van der Waals surface area contributed by atoms with Crippen molar-refractivity contribution in [2.24, 2.45) is 17.0 Å². The lowest BCUT2D eigenvalue weighted by Gasteiger charge is -2.34. The normalized spacial score (nSPS) is 20.2. The van der Waals surface area contributed by atoms with Crippen molar-refractivity contribution in [3.05, 3.63) is 47.4 Å². The number of nitrogens with zero attached hydrogens (tertiary/aromatic N) is 2. The molecule has 176 valence electrons. The third kappa shape index (κ3) is 4.65. The Balaban J connectivity index is 1.92. The fourth-order valence-corrected chi connectivity index (χ4v) is 6.48. The Labute approximate surface area is 190 Å². The maximum atomic E-state index is 13.4. The Hall–Kier alpha value is -2.40. The minimum atomic E-state index is -4.87. The largest absolute Gasteiger partial charge is 0.491 e. The molecule has 1 fully saturated rings. The molecule has 0 radical (unpaired) electrons. The van der Waals surface area contributed by atoms with Crippen LogP contribution in [0.25, 0.3) is 21.5 Å². The molecule has 10 nitrogen and oxygen atoms in total. The zero-order valence-corrected chi connectivity index (χ0v) is 19.7. The summed E-state index contributed by atoms with van der Waals surface area (Å²) in [4.78, 5) is 30.1. The molecule has 1 heterocycles. The Kier molecular flexibility index (Phi) is 6.30. The van der Waals surface area contributed by atoms with Crippen LogP contribution in [0.4, 0.5) is 11.4 Å². The molecule has 0 amide bonds. The topological polar surface area (TPSA) is 146 Å². The first-order chi connectivity index (χ1) is 15.5. The van der Waals surface area contributed by atoms with Crippen LogP contribution in [0.15, 0.2) is 52.5 Å². The number of nitrogens with one attached hydrogen (secondary N) is 1. The van der Waals surface area contributed by atoms with Crippen molar-refractivity contribution in [3.8, 4) is 0 Å². The molecule has 0 saturated carbocycles. The first kappa shape index (κ1) is 23.7. The molecule has 12 heteroatoms. The molecule has 1 saturated heterocycles. The first-order valence-electron chi connectivity index (χ1n) is 10.3. The van der Waals surface area contributed by atoms with Crippen molar-refractivity contribution in [3.63, 3.8) is 0 Å². The highest BCUT2D eigenvalue weighted by atomic mass is 32.2. The second-order valence-electron chi connectivity index (χ2n) is 8.52. The van der Waals surface area contributed by atoms with Crippen molar-refractivity contribution in [2.75, 3.05) is 18.6 Å². The van der Waals surface area contributed by atoms with Gasteiger partial charge in [-0.2, -0.15) is 8.93 Å². The van der Waals surface area contributed by atoms with E-state index in [9.17, 15) is 17.9 Å². The van der Waals surface area contributed by atoms with Crippen LogP contribution in [0.2, 0.25) is 0 Å². The second-order valence-corrected chi connectivity index (χ2v) is 11.6. The predicted octanol–water partition coefficient (Wildman–Crippen LogP) is 4.49. The van der Waals surface area contributed by atoms with Gasteiger partial charge in [0.1, 0.15) is 5.69 Å². The van der Waals surface area contributed by atoms with Gasteiger partial charge in [-0.1, -0.05) is 44.2 Å². The van der Waals surface area contributed by atoms with Gasteiger partial charge in [0.25, 0.3) is 0 Å². The van der Waals surface area contributed by atoms with Gasteiger partial charge in [0.05, 0.1) is 10.6 Å². The summed E-state index contributed by atoms with van der Waals surface area (Å²) in [5.41, 5.74) is 2.50. The van der Waals surface area contributed by atoms with Gasteiger partial charge < -0.3 is 9.79 Å². The predicted molar refractivity (Wildman–Crippen MR) is 125 cm³/mol. The smallest absolute Gasteiger partial charge is 0.301 e. The number of fused-ring (bicyclic) bond motifs is 2. The van der Waals surface area contributed by atoms with Crippen LogP contribution < -0.4 is 5.48 Å². The standard InChI is InChI=1S/C21H24N3O7PS/c1-13-9-14(2)12-24(11-13)33(29,30)15-7-8-18-19(10-15)20(22-25)16-5-3-4-6-17(16)21(18)23-31-32(26,27)28/h3-8,10,13-14,23H,9,11-12H2,1-2H3,(H2,26,27,28). The monoisotopic (exact) mass is 493 g/mol. The molecule has 0 aliphatic carbocycles. The van der Waals surface area contributed by atoms with Crippen LogP contribution in [0.3, 0.4) is 0 Å². The molecule has 0 aromatic heterocycles. The van der Waals surface area contributed by atoms with Crippen molar-refractivity contribution in [1.29, 1.82) is 0 Å². The van der Waals surface area contributed by atoms with Crippen LogP contribution in [0, 0.1) is 16.7 Å². The van der Waals surface area contributed by atoms with Crippen LogP contribution in [0.5, 0.6) is 0 Å². The van der Waals surface area contributed by atoms with Crippen LogP contribution in [-0.2, 0) is 19.2 Å². The van der Waals surface area contributed by atoms with E-state index in [1.165, 1.54) is 22.5 Å².